The van der Waals surface area contributed by atoms with Crippen molar-refractivity contribution in [3.63, 3.8) is 0 Å². The first-order chi connectivity index (χ1) is 22.8. The number of nitrogens with one attached hydrogen (secondary N) is 2. The third-order valence-corrected chi connectivity index (χ3v) is 7.98. The number of methoxy groups -OCH3 is 1. The molecule has 2 N–H and O–H groups in total. The zero-order chi connectivity index (χ0) is 32.9. The highest BCUT2D eigenvalue weighted by atomic mass is 16.5. The first kappa shape index (κ1) is 31.3. The number of pyridine rings is 1. The maximum absolute atomic E-state index is 13.7. The Balaban J connectivity index is 1.30. The minimum Gasteiger partial charge on any atom is -0.493 e. The number of amides is 3. The molecule has 242 valence electrons. The maximum Gasteiger partial charge on any atom is 0.251 e. The van der Waals surface area contributed by atoms with Gasteiger partial charge in [-0.15, -0.1) is 0 Å². The molecule has 13 nitrogen and oxygen atoms in total. The molecule has 0 fully saturated rings. The number of rotatable bonds is 4. The lowest BCUT2D eigenvalue weighted by Gasteiger charge is -2.23. The summed E-state index contributed by atoms with van der Waals surface area (Å²) in [5.41, 5.74) is 3.64. The molecule has 0 saturated carbocycles. The number of ether oxygens (including phenoxy) is 2. The van der Waals surface area contributed by atoms with E-state index in [0.717, 1.165) is 16.8 Å². The number of carbonyl (C=O) groups is 3. The lowest BCUT2D eigenvalue weighted by Crippen LogP contribution is -2.45. The molecular weight excluding hydrogens is 600 g/mol. The second-order valence-corrected chi connectivity index (χ2v) is 11.3. The Morgan fingerprint density at radius 3 is 2.70 bits per heavy atom. The van der Waals surface area contributed by atoms with E-state index in [-0.39, 0.29) is 50.4 Å². The van der Waals surface area contributed by atoms with Gasteiger partial charge in [0.25, 0.3) is 5.91 Å². The summed E-state index contributed by atoms with van der Waals surface area (Å²) >= 11 is 0. The Hall–Kier alpha value is -5.72. The number of nitrogens with zero attached hydrogens (tertiary/aromatic N) is 6. The van der Waals surface area contributed by atoms with Gasteiger partial charge in [-0.2, -0.15) is 5.10 Å². The number of hydrogen-bond donors (Lipinski definition) is 2. The highest BCUT2D eigenvalue weighted by molar-refractivity contribution is 5.95. The molecule has 0 spiro atoms. The molecule has 0 saturated heterocycles. The second kappa shape index (κ2) is 13.7. The number of imidazole rings is 1. The molecule has 13 heteroatoms. The number of aromatic nitrogens is 5. The smallest absolute Gasteiger partial charge is 0.251 e. The molecule has 4 heterocycles. The molecule has 47 heavy (non-hydrogen) atoms. The molecule has 0 unspecified atom stereocenters. The van der Waals surface area contributed by atoms with E-state index in [4.69, 9.17) is 19.6 Å². The van der Waals surface area contributed by atoms with Crippen molar-refractivity contribution in [3.8, 4) is 22.9 Å². The van der Waals surface area contributed by atoms with Crippen LogP contribution in [-0.4, -0.2) is 80.1 Å². The van der Waals surface area contributed by atoms with Crippen molar-refractivity contribution in [1.29, 1.82) is 0 Å². The Morgan fingerprint density at radius 1 is 1.06 bits per heavy atom. The number of benzene rings is 2. The van der Waals surface area contributed by atoms with E-state index in [1.54, 1.807) is 29.1 Å². The third kappa shape index (κ3) is 6.93. The zero-order valence-corrected chi connectivity index (χ0v) is 26.5. The monoisotopic (exact) mass is 636 g/mol. The van der Waals surface area contributed by atoms with Crippen LogP contribution in [0.3, 0.4) is 0 Å². The average molecular weight is 637 g/mol. The standard InChI is InChI=1S/C34H36N8O5/c1-22-8-7-14-41-26(20-36-32(22)41)19-30(44)40-15-13-35-34(45)25-11-12-27(46-3)28(18-25)47-17-16-42-33(23(2)37-29(43)21-40)38-31(39-42)24-9-5-4-6-10-24/h4-12,14,18,20,23H,13,15-17,19,21H2,1-3H3,(H,35,45)(H,37,43)/t23-/m1/s1. The number of fused-ring (bicyclic) bond motifs is 4. The van der Waals surface area contributed by atoms with Crippen LogP contribution >= 0.6 is 0 Å². The van der Waals surface area contributed by atoms with E-state index in [1.807, 2.05) is 66.9 Å². The van der Waals surface area contributed by atoms with Gasteiger partial charge < -0.3 is 29.4 Å². The van der Waals surface area contributed by atoms with E-state index in [2.05, 4.69) is 15.6 Å². The summed E-state index contributed by atoms with van der Waals surface area (Å²) < 4.78 is 15.1. The third-order valence-electron chi connectivity index (χ3n) is 7.98. The molecule has 2 bridgehead atoms. The largest absolute Gasteiger partial charge is 0.493 e. The molecule has 5 aromatic rings. The highest BCUT2D eigenvalue weighted by Crippen LogP contribution is 2.28. The van der Waals surface area contributed by atoms with Crippen LogP contribution in [0.2, 0.25) is 0 Å². The van der Waals surface area contributed by atoms with Crippen LogP contribution in [0, 0.1) is 6.92 Å². The van der Waals surface area contributed by atoms with E-state index in [0.29, 0.717) is 40.9 Å². The Labute approximate surface area is 271 Å². The van der Waals surface area contributed by atoms with Crippen LogP contribution < -0.4 is 20.1 Å². The van der Waals surface area contributed by atoms with Gasteiger partial charge in [0.1, 0.15) is 18.1 Å². The summed E-state index contributed by atoms with van der Waals surface area (Å²) in [5.74, 6) is 0.903. The van der Waals surface area contributed by atoms with E-state index in [9.17, 15) is 14.4 Å². The van der Waals surface area contributed by atoms with Crippen molar-refractivity contribution in [2.75, 3.05) is 33.4 Å². The molecule has 1 aliphatic rings. The zero-order valence-electron chi connectivity index (χ0n) is 26.5. The highest BCUT2D eigenvalue weighted by Gasteiger charge is 2.24. The van der Waals surface area contributed by atoms with Crippen molar-refractivity contribution in [2.24, 2.45) is 0 Å². The predicted octanol–water partition coefficient (Wildman–Crippen LogP) is 2.98. The van der Waals surface area contributed by atoms with Crippen LogP contribution in [0.15, 0.2) is 73.1 Å². The summed E-state index contributed by atoms with van der Waals surface area (Å²) in [5, 5.41) is 10.6. The number of hydrogen-bond acceptors (Lipinski definition) is 8. The lowest BCUT2D eigenvalue weighted by atomic mass is 10.2. The van der Waals surface area contributed by atoms with Crippen LogP contribution in [0.1, 0.15) is 40.4 Å². The van der Waals surface area contributed by atoms with Crippen molar-refractivity contribution in [2.45, 2.75) is 32.9 Å². The van der Waals surface area contributed by atoms with E-state index < -0.39 is 6.04 Å². The van der Waals surface area contributed by atoms with Crippen molar-refractivity contribution < 1.29 is 23.9 Å². The minimum absolute atomic E-state index is 0.0232. The topological polar surface area (TPSA) is 145 Å². The molecule has 1 atom stereocenters. The van der Waals surface area contributed by atoms with Gasteiger partial charge >= 0.3 is 0 Å². The predicted molar refractivity (Wildman–Crippen MR) is 173 cm³/mol. The summed E-state index contributed by atoms with van der Waals surface area (Å²) in [6.45, 7) is 4.28. The van der Waals surface area contributed by atoms with Gasteiger partial charge in [0.15, 0.2) is 17.3 Å². The van der Waals surface area contributed by atoms with Gasteiger partial charge in [-0.05, 0) is 43.7 Å². The minimum atomic E-state index is -0.542. The van der Waals surface area contributed by atoms with Gasteiger partial charge in [-0.3, -0.25) is 14.4 Å². The van der Waals surface area contributed by atoms with Crippen molar-refractivity contribution >= 4 is 23.4 Å². The summed E-state index contributed by atoms with van der Waals surface area (Å²) in [6.07, 6.45) is 3.55. The summed E-state index contributed by atoms with van der Waals surface area (Å²) in [7, 11) is 1.53. The van der Waals surface area contributed by atoms with Crippen LogP contribution in [0.4, 0.5) is 0 Å². The molecule has 3 amide bonds. The van der Waals surface area contributed by atoms with Gasteiger partial charge in [-0.25, -0.2) is 14.6 Å². The first-order valence-corrected chi connectivity index (χ1v) is 15.4. The number of carbonyl (C=O) groups excluding carboxylic acids is 3. The van der Waals surface area contributed by atoms with Crippen LogP contribution in [0.5, 0.6) is 11.5 Å². The molecular formula is C34H36N8O5. The molecule has 0 aliphatic carbocycles. The van der Waals surface area contributed by atoms with Crippen LogP contribution in [0.25, 0.3) is 17.0 Å². The van der Waals surface area contributed by atoms with Gasteiger partial charge in [0, 0.05) is 36.6 Å². The van der Waals surface area contributed by atoms with Gasteiger partial charge in [0.2, 0.25) is 11.8 Å². The molecule has 6 rings (SSSR count). The fourth-order valence-electron chi connectivity index (χ4n) is 5.54. The Bertz CT molecular complexity index is 1920. The Morgan fingerprint density at radius 2 is 1.89 bits per heavy atom. The summed E-state index contributed by atoms with van der Waals surface area (Å²) in [4.78, 5) is 51.0. The SMILES string of the molecule is COc1ccc2cc1OCCn1nc(-c3ccccc3)nc1[C@@H](C)NC(=O)CN(C(=O)Cc1cnc3c(C)cccn13)CCNC2=O. The molecule has 2 aromatic carbocycles. The maximum atomic E-state index is 13.7. The number of aryl methyl sites for hydroxylation is 1. The quantitative estimate of drug-likeness (QED) is 0.306. The second-order valence-electron chi connectivity index (χ2n) is 11.3. The Kier molecular flexibility index (Phi) is 9.13. The first-order valence-electron chi connectivity index (χ1n) is 15.4. The van der Waals surface area contributed by atoms with Gasteiger partial charge in [-0.1, -0.05) is 36.4 Å². The van der Waals surface area contributed by atoms with E-state index in [1.165, 1.54) is 12.0 Å². The van der Waals surface area contributed by atoms with E-state index >= 15 is 0 Å². The fourth-order valence-corrected chi connectivity index (χ4v) is 5.54. The average Bonchev–Trinajstić information content (AvgIpc) is 3.69. The fraction of sp³-hybridized carbons (Fsp3) is 0.294. The lowest BCUT2D eigenvalue weighted by molar-refractivity contribution is -0.135. The summed E-state index contributed by atoms with van der Waals surface area (Å²) in [6, 6.07) is 17.8. The van der Waals surface area contributed by atoms with Crippen LogP contribution in [-0.2, 0) is 22.6 Å². The molecule has 1 aliphatic heterocycles. The molecule has 3 aromatic heterocycles. The van der Waals surface area contributed by atoms with Crippen molar-refractivity contribution in [3.05, 3.63) is 95.7 Å². The van der Waals surface area contributed by atoms with Crippen molar-refractivity contribution in [1.82, 2.24) is 39.7 Å². The van der Waals surface area contributed by atoms with Gasteiger partial charge in [0.05, 0.1) is 38.4 Å². The molecule has 0 radical (unpaired) electrons. The normalized spacial score (nSPS) is 16.1.